The highest BCUT2D eigenvalue weighted by Crippen LogP contribution is 2.02. The summed E-state index contributed by atoms with van der Waals surface area (Å²) in [6.07, 6.45) is -0.590. The van der Waals surface area contributed by atoms with E-state index in [0.29, 0.717) is 6.54 Å². The zero-order chi connectivity index (χ0) is 12.0. The summed E-state index contributed by atoms with van der Waals surface area (Å²) in [6.45, 7) is 6.77. The molecule has 0 aromatic rings. The maximum atomic E-state index is 9.34. The molecule has 1 rings (SSSR count). The quantitative estimate of drug-likeness (QED) is 0.584. The van der Waals surface area contributed by atoms with Crippen molar-refractivity contribution in [3.8, 4) is 0 Å². The first-order valence-corrected chi connectivity index (χ1v) is 6.00. The van der Waals surface area contributed by atoms with Crippen LogP contribution in [0.4, 0.5) is 0 Å². The van der Waals surface area contributed by atoms with Crippen molar-refractivity contribution in [1.82, 2.24) is 14.7 Å². The summed E-state index contributed by atoms with van der Waals surface area (Å²) in [5.41, 5.74) is 0. The molecule has 0 radical (unpaired) electrons. The Morgan fingerprint density at radius 1 is 1.12 bits per heavy atom. The summed E-state index contributed by atoms with van der Waals surface area (Å²) < 4.78 is 0. The number of hydrogen-bond donors (Lipinski definition) is 2. The summed E-state index contributed by atoms with van der Waals surface area (Å²) in [7, 11) is 4.18. The van der Waals surface area contributed by atoms with Gasteiger partial charge in [0.15, 0.2) is 0 Å². The molecule has 96 valence electrons. The molecule has 1 saturated heterocycles. The average molecular weight is 231 g/mol. The van der Waals surface area contributed by atoms with Crippen molar-refractivity contribution in [2.24, 2.45) is 0 Å². The van der Waals surface area contributed by atoms with Crippen molar-refractivity contribution in [2.75, 3.05) is 66.5 Å². The Bertz CT molecular complexity index is 182. The highest BCUT2D eigenvalue weighted by molar-refractivity contribution is 4.74. The molecule has 5 nitrogen and oxygen atoms in total. The summed E-state index contributed by atoms with van der Waals surface area (Å²) in [5, 5.41) is 18.1. The van der Waals surface area contributed by atoms with Crippen LogP contribution < -0.4 is 0 Å². The van der Waals surface area contributed by atoms with Gasteiger partial charge in [-0.15, -0.1) is 0 Å². The summed E-state index contributed by atoms with van der Waals surface area (Å²) in [4.78, 5) is 6.86. The van der Waals surface area contributed by atoms with Gasteiger partial charge in [-0.2, -0.15) is 0 Å². The first kappa shape index (κ1) is 13.9. The molecule has 1 heterocycles. The van der Waals surface area contributed by atoms with Gasteiger partial charge in [0.05, 0.1) is 12.7 Å². The van der Waals surface area contributed by atoms with Crippen LogP contribution in [0.25, 0.3) is 0 Å². The average Bonchev–Trinajstić information content (AvgIpc) is 2.28. The van der Waals surface area contributed by atoms with E-state index in [2.05, 4.69) is 28.8 Å². The molecular weight excluding hydrogens is 206 g/mol. The molecule has 1 atom stereocenters. The van der Waals surface area contributed by atoms with Crippen LogP contribution in [0.15, 0.2) is 0 Å². The highest BCUT2D eigenvalue weighted by atomic mass is 16.3. The van der Waals surface area contributed by atoms with Gasteiger partial charge in [0.1, 0.15) is 0 Å². The predicted octanol–water partition coefficient (Wildman–Crippen LogP) is -1.48. The summed E-state index contributed by atoms with van der Waals surface area (Å²) in [6, 6.07) is 0. The molecule has 0 aromatic carbocycles. The lowest BCUT2D eigenvalue weighted by atomic mass is 10.2. The fourth-order valence-electron chi connectivity index (χ4n) is 1.89. The van der Waals surface area contributed by atoms with Crippen molar-refractivity contribution >= 4 is 0 Å². The van der Waals surface area contributed by atoms with Gasteiger partial charge in [-0.25, -0.2) is 0 Å². The minimum absolute atomic E-state index is 0.138. The maximum absolute atomic E-state index is 9.34. The van der Waals surface area contributed by atoms with Crippen LogP contribution in [0.5, 0.6) is 0 Å². The Kier molecular flexibility index (Phi) is 6.23. The molecule has 0 saturated carbocycles. The molecule has 2 N–H and O–H groups in total. The standard InChI is InChI=1S/C11H25N3O2/c1-12(2)3-4-13-5-7-14(8-6-13)9-11(16)10-15/h11,15-16H,3-10H2,1-2H3. The van der Waals surface area contributed by atoms with Crippen molar-refractivity contribution in [3.05, 3.63) is 0 Å². The van der Waals surface area contributed by atoms with Gasteiger partial charge >= 0.3 is 0 Å². The second-order valence-corrected chi connectivity index (χ2v) is 4.78. The van der Waals surface area contributed by atoms with Crippen molar-refractivity contribution in [2.45, 2.75) is 6.10 Å². The lowest BCUT2D eigenvalue weighted by Crippen LogP contribution is -2.50. The number of piperazine rings is 1. The van der Waals surface area contributed by atoms with Crippen LogP contribution in [0, 0.1) is 0 Å². The zero-order valence-electron chi connectivity index (χ0n) is 10.5. The number of likely N-dealkylation sites (N-methyl/N-ethyl adjacent to an activating group) is 1. The maximum Gasteiger partial charge on any atom is 0.0897 e. The van der Waals surface area contributed by atoms with E-state index in [-0.39, 0.29) is 6.61 Å². The molecule has 0 bridgehead atoms. The Labute approximate surface area is 98.3 Å². The monoisotopic (exact) mass is 231 g/mol. The minimum Gasteiger partial charge on any atom is -0.394 e. The SMILES string of the molecule is CN(C)CCN1CCN(CC(O)CO)CC1. The van der Waals surface area contributed by atoms with Crippen LogP contribution >= 0.6 is 0 Å². The second kappa shape index (κ2) is 7.19. The lowest BCUT2D eigenvalue weighted by Gasteiger charge is -2.35. The zero-order valence-corrected chi connectivity index (χ0v) is 10.5. The van der Waals surface area contributed by atoms with Crippen LogP contribution in [0.2, 0.25) is 0 Å². The molecule has 1 fully saturated rings. The van der Waals surface area contributed by atoms with E-state index in [9.17, 15) is 5.11 Å². The molecular formula is C11H25N3O2. The topological polar surface area (TPSA) is 50.2 Å². The molecule has 0 aromatic heterocycles. The van der Waals surface area contributed by atoms with E-state index in [1.165, 1.54) is 0 Å². The third kappa shape index (κ3) is 5.23. The Balaban J connectivity index is 2.13. The molecule has 1 aliphatic rings. The number of aliphatic hydroxyl groups is 2. The summed E-state index contributed by atoms with van der Waals surface area (Å²) >= 11 is 0. The van der Waals surface area contributed by atoms with E-state index >= 15 is 0 Å². The van der Waals surface area contributed by atoms with E-state index < -0.39 is 6.10 Å². The van der Waals surface area contributed by atoms with Crippen LogP contribution in [0.1, 0.15) is 0 Å². The van der Waals surface area contributed by atoms with E-state index in [4.69, 9.17) is 5.11 Å². The first-order chi connectivity index (χ1) is 7.61. The number of β-amino-alcohol motifs (C(OH)–C–C–N with tert-alkyl or cyclic N) is 1. The normalized spacial score (nSPS) is 21.6. The Morgan fingerprint density at radius 2 is 1.69 bits per heavy atom. The molecule has 5 heteroatoms. The Hall–Kier alpha value is -0.200. The van der Waals surface area contributed by atoms with Gasteiger partial charge in [0, 0.05) is 45.8 Å². The van der Waals surface area contributed by atoms with Gasteiger partial charge in [-0.3, -0.25) is 9.80 Å². The molecule has 1 unspecified atom stereocenters. The van der Waals surface area contributed by atoms with Crippen molar-refractivity contribution in [1.29, 1.82) is 0 Å². The molecule has 0 amide bonds. The molecule has 0 aliphatic carbocycles. The van der Waals surface area contributed by atoms with Crippen molar-refractivity contribution < 1.29 is 10.2 Å². The minimum atomic E-state index is -0.590. The van der Waals surface area contributed by atoms with Gasteiger partial charge in [0.25, 0.3) is 0 Å². The van der Waals surface area contributed by atoms with E-state index in [1.807, 2.05) is 0 Å². The first-order valence-electron chi connectivity index (χ1n) is 6.00. The Morgan fingerprint density at radius 3 is 2.19 bits per heavy atom. The molecule has 1 aliphatic heterocycles. The number of aliphatic hydroxyl groups excluding tert-OH is 2. The molecule has 0 spiro atoms. The van der Waals surface area contributed by atoms with E-state index in [1.54, 1.807) is 0 Å². The van der Waals surface area contributed by atoms with Gasteiger partial charge in [0.2, 0.25) is 0 Å². The molecule has 16 heavy (non-hydrogen) atoms. The lowest BCUT2D eigenvalue weighted by molar-refractivity contribution is 0.0387. The third-order valence-electron chi connectivity index (χ3n) is 3.01. The van der Waals surface area contributed by atoms with Crippen LogP contribution in [0.3, 0.4) is 0 Å². The second-order valence-electron chi connectivity index (χ2n) is 4.78. The number of nitrogens with zero attached hydrogens (tertiary/aromatic N) is 3. The predicted molar refractivity (Wildman–Crippen MR) is 64.5 cm³/mol. The number of rotatable bonds is 6. The van der Waals surface area contributed by atoms with Gasteiger partial charge in [-0.05, 0) is 14.1 Å². The largest absolute Gasteiger partial charge is 0.394 e. The van der Waals surface area contributed by atoms with Crippen LogP contribution in [-0.2, 0) is 0 Å². The van der Waals surface area contributed by atoms with Gasteiger partial charge < -0.3 is 15.1 Å². The third-order valence-corrected chi connectivity index (χ3v) is 3.01. The van der Waals surface area contributed by atoms with Crippen LogP contribution in [-0.4, -0.2) is 97.5 Å². The highest BCUT2D eigenvalue weighted by Gasteiger charge is 2.18. The van der Waals surface area contributed by atoms with Gasteiger partial charge in [-0.1, -0.05) is 0 Å². The fourth-order valence-corrected chi connectivity index (χ4v) is 1.89. The smallest absolute Gasteiger partial charge is 0.0897 e. The summed E-state index contributed by atoms with van der Waals surface area (Å²) in [5.74, 6) is 0. The van der Waals surface area contributed by atoms with Crippen molar-refractivity contribution in [3.63, 3.8) is 0 Å². The van der Waals surface area contributed by atoms with E-state index in [0.717, 1.165) is 39.3 Å². The fraction of sp³-hybridized carbons (Fsp3) is 1.00. The number of hydrogen-bond acceptors (Lipinski definition) is 5.